The van der Waals surface area contributed by atoms with Crippen molar-refractivity contribution >= 4 is 23.3 Å². The molecule has 3 amide bonds. The molecule has 3 atom stereocenters. The Labute approximate surface area is 243 Å². The summed E-state index contributed by atoms with van der Waals surface area (Å²) in [4.78, 5) is 29.8. The third-order valence-electron chi connectivity index (χ3n) is 7.18. The molecule has 1 aliphatic heterocycles. The van der Waals surface area contributed by atoms with E-state index in [9.17, 15) is 27.9 Å². The predicted molar refractivity (Wildman–Crippen MR) is 154 cm³/mol. The van der Waals surface area contributed by atoms with Gasteiger partial charge in [-0.1, -0.05) is 37.3 Å². The van der Waals surface area contributed by atoms with Crippen LogP contribution in [0.1, 0.15) is 35.3 Å². The van der Waals surface area contributed by atoms with Gasteiger partial charge in [-0.25, -0.2) is 4.79 Å². The molecule has 0 fully saturated rings. The molecule has 0 aliphatic carbocycles. The largest absolute Gasteiger partial charge is 0.488 e. The van der Waals surface area contributed by atoms with E-state index < -0.39 is 23.8 Å². The summed E-state index contributed by atoms with van der Waals surface area (Å²) < 4.78 is 45.2. The standard InChI is InChI=1S/C31H35F3N4O4/c1-20-16-38(21(2)19-39)29(40)26-15-25(36-30(41)35-24-7-5-4-6-8-24)13-14-27(26)42-28(20)18-37(3)17-22-9-11-23(12-10-22)31(32,33)34/h4-15,20-21,28,39H,16-19H2,1-3H3,(H2,35,36,41)/t20-,21+,28-/m1/s1. The highest BCUT2D eigenvalue weighted by Crippen LogP contribution is 2.32. The summed E-state index contributed by atoms with van der Waals surface area (Å²) in [5, 5.41) is 15.4. The van der Waals surface area contributed by atoms with Crippen LogP contribution in [0.15, 0.2) is 72.8 Å². The van der Waals surface area contributed by atoms with Crippen molar-refractivity contribution in [2.24, 2.45) is 5.92 Å². The number of ether oxygens (including phenoxy) is 1. The van der Waals surface area contributed by atoms with Crippen LogP contribution in [0.5, 0.6) is 5.75 Å². The number of carbonyl (C=O) groups is 2. The number of aliphatic hydroxyl groups is 1. The monoisotopic (exact) mass is 584 g/mol. The molecule has 8 nitrogen and oxygen atoms in total. The van der Waals surface area contributed by atoms with Crippen molar-refractivity contribution in [3.8, 4) is 5.75 Å². The molecule has 0 aromatic heterocycles. The quantitative estimate of drug-likeness (QED) is 0.316. The molecule has 0 bridgehead atoms. The number of carbonyl (C=O) groups excluding carboxylic acids is 2. The van der Waals surface area contributed by atoms with Crippen molar-refractivity contribution in [3.05, 3.63) is 89.5 Å². The molecule has 3 aromatic carbocycles. The number of alkyl halides is 3. The highest BCUT2D eigenvalue weighted by molar-refractivity contribution is 6.02. The van der Waals surface area contributed by atoms with Crippen LogP contribution in [-0.4, -0.2) is 65.7 Å². The number of benzene rings is 3. The number of anilines is 2. The molecule has 0 saturated heterocycles. The Bertz CT molecular complexity index is 1370. The lowest BCUT2D eigenvalue weighted by molar-refractivity contribution is -0.137. The van der Waals surface area contributed by atoms with E-state index in [4.69, 9.17) is 4.74 Å². The molecule has 0 unspecified atom stereocenters. The van der Waals surface area contributed by atoms with E-state index >= 15 is 0 Å². The van der Waals surface area contributed by atoms with Crippen LogP contribution in [0.2, 0.25) is 0 Å². The normalized spacial score (nSPS) is 18.0. The summed E-state index contributed by atoms with van der Waals surface area (Å²) >= 11 is 0. The van der Waals surface area contributed by atoms with E-state index in [1.807, 2.05) is 24.9 Å². The van der Waals surface area contributed by atoms with Crippen molar-refractivity contribution in [2.45, 2.75) is 38.7 Å². The summed E-state index contributed by atoms with van der Waals surface area (Å²) in [6.45, 7) is 4.61. The minimum Gasteiger partial charge on any atom is -0.488 e. The van der Waals surface area contributed by atoms with Crippen LogP contribution in [0.25, 0.3) is 0 Å². The maximum atomic E-state index is 13.6. The second kappa shape index (κ2) is 13.3. The van der Waals surface area contributed by atoms with Crippen LogP contribution in [0.4, 0.5) is 29.3 Å². The van der Waals surface area contributed by atoms with Crippen molar-refractivity contribution in [1.29, 1.82) is 0 Å². The number of halogens is 3. The molecule has 0 radical (unpaired) electrons. The van der Waals surface area contributed by atoms with E-state index in [1.54, 1.807) is 54.3 Å². The maximum absolute atomic E-state index is 13.6. The summed E-state index contributed by atoms with van der Waals surface area (Å²) in [7, 11) is 1.85. The van der Waals surface area contributed by atoms with Gasteiger partial charge in [0.15, 0.2) is 0 Å². The average Bonchev–Trinajstić information content (AvgIpc) is 2.95. The molecule has 0 spiro atoms. The van der Waals surface area contributed by atoms with Gasteiger partial charge in [0.1, 0.15) is 11.9 Å². The fraction of sp³-hybridized carbons (Fsp3) is 0.355. The maximum Gasteiger partial charge on any atom is 0.416 e. The lowest BCUT2D eigenvalue weighted by Crippen LogP contribution is -2.49. The zero-order valence-corrected chi connectivity index (χ0v) is 23.7. The van der Waals surface area contributed by atoms with Gasteiger partial charge < -0.3 is 25.4 Å². The van der Waals surface area contributed by atoms with E-state index in [0.717, 1.165) is 17.7 Å². The Hall–Kier alpha value is -4.09. The van der Waals surface area contributed by atoms with Gasteiger partial charge >= 0.3 is 12.2 Å². The van der Waals surface area contributed by atoms with Gasteiger partial charge in [0.2, 0.25) is 0 Å². The predicted octanol–water partition coefficient (Wildman–Crippen LogP) is 5.70. The van der Waals surface area contributed by atoms with Gasteiger partial charge in [-0.05, 0) is 62.0 Å². The van der Waals surface area contributed by atoms with Crippen molar-refractivity contribution in [2.75, 3.05) is 37.4 Å². The number of nitrogens with one attached hydrogen (secondary N) is 2. The molecular formula is C31H35F3N4O4. The van der Waals surface area contributed by atoms with Gasteiger partial charge in [0.25, 0.3) is 5.91 Å². The summed E-state index contributed by atoms with van der Waals surface area (Å²) in [5.74, 6) is -0.133. The van der Waals surface area contributed by atoms with E-state index in [1.165, 1.54) is 12.1 Å². The number of amides is 3. The molecule has 42 heavy (non-hydrogen) atoms. The van der Waals surface area contributed by atoms with Crippen LogP contribution in [0, 0.1) is 5.92 Å². The molecule has 0 saturated carbocycles. The molecule has 11 heteroatoms. The minimum absolute atomic E-state index is 0.138. The number of urea groups is 1. The Balaban J connectivity index is 1.53. The average molecular weight is 585 g/mol. The Kier molecular flexibility index (Phi) is 9.74. The lowest BCUT2D eigenvalue weighted by Gasteiger charge is -2.38. The van der Waals surface area contributed by atoms with Gasteiger partial charge in [-0.3, -0.25) is 9.69 Å². The third-order valence-corrected chi connectivity index (χ3v) is 7.18. The van der Waals surface area contributed by atoms with Crippen LogP contribution in [-0.2, 0) is 12.7 Å². The number of hydrogen-bond acceptors (Lipinski definition) is 5. The molecule has 3 aromatic rings. The second-order valence-corrected chi connectivity index (χ2v) is 10.7. The molecule has 1 heterocycles. The van der Waals surface area contributed by atoms with Gasteiger partial charge in [-0.2, -0.15) is 13.2 Å². The van der Waals surface area contributed by atoms with Crippen LogP contribution >= 0.6 is 0 Å². The lowest BCUT2D eigenvalue weighted by atomic mass is 9.99. The topological polar surface area (TPSA) is 94.1 Å². The van der Waals surface area contributed by atoms with E-state index in [0.29, 0.717) is 36.8 Å². The fourth-order valence-electron chi connectivity index (χ4n) is 4.82. The number of likely N-dealkylation sites (N-methyl/N-ethyl adjacent to an activating group) is 1. The highest BCUT2D eigenvalue weighted by atomic mass is 19.4. The first-order valence-electron chi connectivity index (χ1n) is 13.6. The first kappa shape index (κ1) is 30.9. The van der Waals surface area contributed by atoms with Crippen LogP contribution in [0.3, 0.4) is 0 Å². The second-order valence-electron chi connectivity index (χ2n) is 10.7. The van der Waals surface area contributed by atoms with Gasteiger partial charge in [0, 0.05) is 36.9 Å². The Morgan fingerprint density at radius 1 is 1.07 bits per heavy atom. The summed E-state index contributed by atoms with van der Waals surface area (Å²) in [6.07, 6.45) is -4.78. The fourth-order valence-corrected chi connectivity index (χ4v) is 4.82. The SMILES string of the molecule is C[C@@H]1CN([C@@H](C)CO)C(=O)c2cc(NC(=O)Nc3ccccc3)ccc2O[C@@H]1CN(C)Cc1ccc(C(F)(F)F)cc1. The summed E-state index contributed by atoms with van der Waals surface area (Å²) in [6, 6.07) is 17.9. The third kappa shape index (κ3) is 7.80. The van der Waals surface area contributed by atoms with E-state index in [2.05, 4.69) is 10.6 Å². The number of para-hydroxylation sites is 1. The molecular weight excluding hydrogens is 549 g/mol. The first-order chi connectivity index (χ1) is 19.9. The number of rotatable bonds is 8. The Morgan fingerprint density at radius 2 is 1.74 bits per heavy atom. The van der Waals surface area contributed by atoms with Crippen molar-refractivity contribution in [3.63, 3.8) is 0 Å². The van der Waals surface area contributed by atoms with Crippen molar-refractivity contribution < 1.29 is 32.6 Å². The van der Waals surface area contributed by atoms with E-state index in [-0.39, 0.29) is 30.1 Å². The number of hydrogen-bond donors (Lipinski definition) is 3. The molecule has 4 rings (SSSR count). The first-order valence-corrected chi connectivity index (χ1v) is 13.6. The van der Waals surface area contributed by atoms with Gasteiger partial charge in [-0.15, -0.1) is 0 Å². The molecule has 224 valence electrons. The highest BCUT2D eigenvalue weighted by Gasteiger charge is 2.34. The zero-order valence-electron chi connectivity index (χ0n) is 23.7. The Morgan fingerprint density at radius 3 is 2.38 bits per heavy atom. The number of fused-ring (bicyclic) bond motifs is 1. The zero-order chi connectivity index (χ0) is 30.4. The molecule has 1 aliphatic rings. The number of aliphatic hydroxyl groups excluding tert-OH is 1. The minimum atomic E-state index is -4.39. The molecule has 3 N–H and O–H groups in total. The summed E-state index contributed by atoms with van der Waals surface area (Å²) in [5.41, 5.74) is 1.27. The van der Waals surface area contributed by atoms with Gasteiger partial charge in [0.05, 0.1) is 23.8 Å². The smallest absolute Gasteiger partial charge is 0.416 e. The number of nitrogens with zero attached hydrogens (tertiary/aromatic N) is 2. The van der Waals surface area contributed by atoms with Crippen molar-refractivity contribution in [1.82, 2.24) is 9.80 Å². The van der Waals surface area contributed by atoms with Crippen LogP contribution < -0.4 is 15.4 Å².